The van der Waals surface area contributed by atoms with Gasteiger partial charge in [-0.3, -0.25) is 4.79 Å². The van der Waals surface area contributed by atoms with Crippen LogP contribution in [0.3, 0.4) is 0 Å². The van der Waals surface area contributed by atoms with Gasteiger partial charge in [0.05, 0.1) is 18.4 Å². The number of rotatable bonds is 3. The number of carboxylic acid groups (broad SMARTS) is 1. The summed E-state index contributed by atoms with van der Waals surface area (Å²) in [5.74, 6) is -0.886. The largest absolute Gasteiger partial charge is 0.481 e. The van der Waals surface area contributed by atoms with Crippen LogP contribution in [-0.4, -0.2) is 20.6 Å². The van der Waals surface area contributed by atoms with E-state index in [1.165, 1.54) is 0 Å². The van der Waals surface area contributed by atoms with Gasteiger partial charge in [-0.1, -0.05) is 11.6 Å². The number of benzene rings is 1. The van der Waals surface area contributed by atoms with Gasteiger partial charge in [0.1, 0.15) is 0 Å². The minimum atomic E-state index is -0.886. The van der Waals surface area contributed by atoms with E-state index in [-0.39, 0.29) is 6.42 Å². The zero-order valence-corrected chi connectivity index (χ0v) is 9.98. The third-order valence-corrected chi connectivity index (χ3v) is 2.64. The number of imidazole rings is 1. The molecule has 0 aliphatic carbocycles. The molecule has 2 rings (SSSR count). The molecule has 0 fully saturated rings. The van der Waals surface area contributed by atoms with E-state index in [4.69, 9.17) is 16.7 Å². The molecule has 1 heterocycles. The molecule has 0 atom stereocenters. The molecule has 1 N–H and O–H groups in total. The first-order valence-corrected chi connectivity index (χ1v) is 5.45. The molecule has 1 aromatic heterocycles. The smallest absolute Gasteiger partial charge is 0.309 e. The molecule has 0 unspecified atom stereocenters. The van der Waals surface area contributed by atoms with Crippen LogP contribution < -0.4 is 0 Å². The second-order valence-electron chi connectivity index (χ2n) is 3.77. The highest BCUT2D eigenvalue weighted by Gasteiger charge is 2.06. The summed E-state index contributed by atoms with van der Waals surface area (Å²) in [5, 5.41) is 9.35. The second-order valence-corrected chi connectivity index (χ2v) is 4.21. The summed E-state index contributed by atoms with van der Waals surface area (Å²) in [7, 11) is 0. The summed E-state index contributed by atoms with van der Waals surface area (Å²) in [4.78, 5) is 14.6. The molecule has 0 radical (unpaired) electrons. The van der Waals surface area contributed by atoms with Crippen molar-refractivity contribution in [2.24, 2.45) is 0 Å². The van der Waals surface area contributed by atoms with E-state index in [0.29, 0.717) is 10.7 Å². The van der Waals surface area contributed by atoms with Crippen LogP contribution in [0.4, 0.5) is 0 Å². The van der Waals surface area contributed by atoms with E-state index in [1.807, 2.05) is 19.1 Å². The van der Waals surface area contributed by atoms with Crippen LogP contribution in [0.5, 0.6) is 0 Å². The predicted octanol–water partition coefficient (Wildman–Crippen LogP) is 2.46. The van der Waals surface area contributed by atoms with Gasteiger partial charge < -0.3 is 9.67 Å². The van der Waals surface area contributed by atoms with E-state index < -0.39 is 5.97 Å². The van der Waals surface area contributed by atoms with Crippen molar-refractivity contribution in [3.63, 3.8) is 0 Å². The van der Waals surface area contributed by atoms with Crippen molar-refractivity contribution in [1.82, 2.24) is 9.55 Å². The standard InChI is InChI=1S/C12H11ClN2O2/c1-8-4-9(13)2-3-11(8)15-6-10(14-7-15)5-12(16)17/h2-4,6-7H,5H2,1H3,(H,16,17). The lowest BCUT2D eigenvalue weighted by atomic mass is 10.2. The first-order valence-electron chi connectivity index (χ1n) is 5.07. The number of carbonyl (C=O) groups is 1. The first kappa shape index (κ1) is 11.7. The molecule has 0 aliphatic heterocycles. The van der Waals surface area contributed by atoms with Crippen LogP contribution in [0.2, 0.25) is 5.02 Å². The molecular weight excluding hydrogens is 240 g/mol. The summed E-state index contributed by atoms with van der Waals surface area (Å²) in [6.45, 7) is 1.94. The Morgan fingerprint density at radius 1 is 1.53 bits per heavy atom. The normalized spacial score (nSPS) is 10.5. The number of carboxylic acids is 1. The van der Waals surface area contributed by atoms with Crippen LogP contribution in [0.15, 0.2) is 30.7 Å². The lowest BCUT2D eigenvalue weighted by Gasteiger charge is -2.06. The van der Waals surface area contributed by atoms with Crippen molar-refractivity contribution in [1.29, 1.82) is 0 Å². The van der Waals surface area contributed by atoms with Crippen molar-refractivity contribution in [2.45, 2.75) is 13.3 Å². The lowest BCUT2D eigenvalue weighted by Crippen LogP contribution is -2.00. The predicted molar refractivity (Wildman–Crippen MR) is 64.7 cm³/mol. The Bertz CT molecular complexity index is 563. The topological polar surface area (TPSA) is 55.1 Å². The summed E-state index contributed by atoms with van der Waals surface area (Å²) in [6.07, 6.45) is 3.25. The van der Waals surface area contributed by atoms with E-state index in [0.717, 1.165) is 11.3 Å². The van der Waals surface area contributed by atoms with Gasteiger partial charge in [-0.25, -0.2) is 4.98 Å². The number of nitrogens with zero attached hydrogens (tertiary/aromatic N) is 2. The number of hydrogen-bond donors (Lipinski definition) is 1. The van der Waals surface area contributed by atoms with E-state index >= 15 is 0 Å². The number of aromatic nitrogens is 2. The zero-order chi connectivity index (χ0) is 12.4. The molecule has 2 aromatic rings. The van der Waals surface area contributed by atoms with Crippen molar-refractivity contribution in [3.8, 4) is 5.69 Å². The van der Waals surface area contributed by atoms with Crippen LogP contribution in [0.1, 0.15) is 11.3 Å². The summed E-state index contributed by atoms with van der Waals surface area (Å²) >= 11 is 5.88. The Labute approximate surface area is 103 Å². The van der Waals surface area contributed by atoms with E-state index in [9.17, 15) is 4.79 Å². The van der Waals surface area contributed by atoms with Crippen molar-refractivity contribution in [3.05, 3.63) is 47.0 Å². The van der Waals surface area contributed by atoms with Crippen LogP contribution in [0, 0.1) is 6.92 Å². The third-order valence-electron chi connectivity index (χ3n) is 2.41. The van der Waals surface area contributed by atoms with Gasteiger partial charge in [-0.05, 0) is 30.7 Å². The maximum Gasteiger partial charge on any atom is 0.309 e. The maximum absolute atomic E-state index is 10.6. The van der Waals surface area contributed by atoms with Crippen LogP contribution in [0.25, 0.3) is 5.69 Å². The Balaban J connectivity index is 2.33. The zero-order valence-electron chi connectivity index (χ0n) is 9.22. The van der Waals surface area contributed by atoms with Crippen molar-refractivity contribution >= 4 is 17.6 Å². The van der Waals surface area contributed by atoms with Crippen molar-refractivity contribution < 1.29 is 9.90 Å². The molecular formula is C12H11ClN2O2. The molecule has 0 bridgehead atoms. The Morgan fingerprint density at radius 3 is 2.94 bits per heavy atom. The quantitative estimate of drug-likeness (QED) is 0.910. The number of aryl methyl sites for hydroxylation is 1. The molecule has 0 saturated carbocycles. The highest BCUT2D eigenvalue weighted by molar-refractivity contribution is 6.30. The Kier molecular flexibility index (Phi) is 3.15. The van der Waals surface area contributed by atoms with Gasteiger partial charge in [0.2, 0.25) is 0 Å². The molecule has 5 heteroatoms. The molecule has 0 amide bonds. The average Bonchev–Trinajstić information content (AvgIpc) is 2.65. The fourth-order valence-corrected chi connectivity index (χ4v) is 1.88. The fraction of sp³-hybridized carbons (Fsp3) is 0.167. The molecule has 1 aromatic carbocycles. The number of hydrogen-bond acceptors (Lipinski definition) is 2. The van der Waals surface area contributed by atoms with Gasteiger partial charge in [-0.2, -0.15) is 0 Å². The molecule has 0 saturated heterocycles. The average molecular weight is 251 g/mol. The van der Waals surface area contributed by atoms with Crippen molar-refractivity contribution in [2.75, 3.05) is 0 Å². The fourth-order valence-electron chi connectivity index (χ4n) is 1.65. The van der Waals surface area contributed by atoms with E-state index in [1.54, 1.807) is 23.2 Å². The third kappa shape index (κ3) is 2.65. The number of aliphatic carboxylic acids is 1. The Morgan fingerprint density at radius 2 is 2.29 bits per heavy atom. The first-order chi connectivity index (χ1) is 8.06. The van der Waals surface area contributed by atoms with E-state index in [2.05, 4.69) is 4.98 Å². The molecule has 0 spiro atoms. The highest BCUT2D eigenvalue weighted by atomic mass is 35.5. The van der Waals surface area contributed by atoms with Crippen LogP contribution in [-0.2, 0) is 11.2 Å². The molecule has 4 nitrogen and oxygen atoms in total. The lowest BCUT2D eigenvalue weighted by molar-refractivity contribution is -0.136. The van der Waals surface area contributed by atoms with Gasteiger partial charge in [0.25, 0.3) is 0 Å². The summed E-state index contributed by atoms with van der Waals surface area (Å²) < 4.78 is 1.80. The van der Waals surface area contributed by atoms with Crippen LogP contribution >= 0.6 is 11.6 Å². The summed E-state index contributed by atoms with van der Waals surface area (Å²) in [5.41, 5.74) is 2.49. The second kappa shape index (κ2) is 4.59. The van der Waals surface area contributed by atoms with Gasteiger partial charge in [-0.15, -0.1) is 0 Å². The molecule has 0 aliphatic rings. The maximum atomic E-state index is 10.6. The van der Waals surface area contributed by atoms with Gasteiger partial charge in [0.15, 0.2) is 0 Å². The molecule has 17 heavy (non-hydrogen) atoms. The van der Waals surface area contributed by atoms with Gasteiger partial charge >= 0.3 is 5.97 Å². The summed E-state index contributed by atoms with van der Waals surface area (Å²) in [6, 6.07) is 5.53. The Hall–Kier alpha value is -1.81. The highest BCUT2D eigenvalue weighted by Crippen LogP contribution is 2.19. The monoisotopic (exact) mass is 250 g/mol. The number of halogens is 1. The minimum absolute atomic E-state index is 0.0698. The van der Waals surface area contributed by atoms with Gasteiger partial charge in [0, 0.05) is 16.9 Å². The molecule has 88 valence electrons. The SMILES string of the molecule is Cc1cc(Cl)ccc1-n1cnc(CC(=O)O)c1. The minimum Gasteiger partial charge on any atom is -0.481 e.